The van der Waals surface area contributed by atoms with Gasteiger partial charge >= 0.3 is 0 Å². The molecule has 1 heterocycles. The lowest BCUT2D eigenvalue weighted by atomic mass is 10.1. The summed E-state index contributed by atoms with van der Waals surface area (Å²) in [5.41, 5.74) is 7.98. The lowest BCUT2D eigenvalue weighted by molar-refractivity contribution is -0.121. The Morgan fingerprint density at radius 3 is 2.94 bits per heavy atom. The number of benzene rings is 1. The summed E-state index contributed by atoms with van der Waals surface area (Å²) in [5.74, 6) is -0.723. The maximum absolute atomic E-state index is 13.5. The van der Waals surface area contributed by atoms with E-state index in [0.29, 0.717) is 12.1 Å². The van der Waals surface area contributed by atoms with Gasteiger partial charge in [-0.05, 0) is 30.5 Å². The molecule has 0 bridgehead atoms. The second kappa shape index (κ2) is 4.35. The molecule has 0 radical (unpaired) electrons. The predicted octanol–water partition coefficient (Wildman–Crippen LogP) is 1.62. The number of anilines is 1. The van der Waals surface area contributed by atoms with Crippen LogP contribution in [0, 0.1) is 18.7 Å². The molecule has 1 aliphatic heterocycles. The average molecular weight is 236 g/mol. The molecule has 1 aliphatic rings. The number of hydrogen-bond acceptors (Lipinski definition) is 2. The largest absolute Gasteiger partial charge is 0.370 e. The van der Waals surface area contributed by atoms with Crippen molar-refractivity contribution in [3.05, 3.63) is 29.1 Å². The van der Waals surface area contributed by atoms with Crippen molar-refractivity contribution in [3.8, 4) is 0 Å². The number of carbonyl (C=O) groups excluding carboxylic acids is 1. The fourth-order valence-corrected chi connectivity index (χ4v) is 2.21. The van der Waals surface area contributed by atoms with Crippen LogP contribution in [0.2, 0.25) is 0 Å². The highest BCUT2D eigenvalue weighted by molar-refractivity contribution is 5.77. The van der Waals surface area contributed by atoms with Crippen molar-refractivity contribution in [1.29, 1.82) is 0 Å². The zero-order chi connectivity index (χ0) is 12.6. The normalized spacial score (nSPS) is 15.8. The Bertz CT molecular complexity index is 459. The highest BCUT2D eigenvalue weighted by Gasteiger charge is 2.23. The van der Waals surface area contributed by atoms with E-state index in [0.717, 1.165) is 24.2 Å². The molecule has 0 aliphatic carbocycles. The highest BCUT2D eigenvalue weighted by atomic mass is 19.1. The first-order chi connectivity index (χ1) is 7.99. The van der Waals surface area contributed by atoms with Gasteiger partial charge in [0.25, 0.3) is 0 Å². The van der Waals surface area contributed by atoms with Gasteiger partial charge in [0, 0.05) is 18.8 Å². The maximum Gasteiger partial charge on any atom is 0.222 e. The SMILES string of the molecule is Cc1cc2c(cc1F)N(C[C@@H](C)C(N)=O)CC2. The lowest BCUT2D eigenvalue weighted by Crippen LogP contribution is -2.33. The van der Waals surface area contributed by atoms with E-state index in [2.05, 4.69) is 0 Å². The van der Waals surface area contributed by atoms with Crippen LogP contribution in [0.1, 0.15) is 18.1 Å². The van der Waals surface area contributed by atoms with Crippen molar-refractivity contribution >= 4 is 11.6 Å². The van der Waals surface area contributed by atoms with Crippen LogP contribution in [0.25, 0.3) is 0 Å². The minimum atomic E-state index is -0.314. The standard InChI is InChI=1S/C13H17FN2O/c1-8-5-10-3-4-16(7-9(2)13(15)17)12(10)6-11(8)14/h5-6,9H,3-4,7H2,1-2H3,(H2,15,17)/t9-/m1/s1. The zero-order valence-corrected chi connectivity index (χ0v) is 10.2. The first-order valence-electron chi connectivity index (χ1n) is 5.82. The van der Waals surface area contributed by atoms with Crippen LogP contribution in [0.4, 0.5) is 10.1 Å². The first kappa shape index (κ1) is 11.9. The molecule has 3 nitrogen and oxygen atoms in total. The maximum atomic E-state index is 13.5. The smallest absolute Gasteiger partial charge is 0.222 e. The van der Waals surface area contributed by atoms with Crippen LogP contribution in [0.3, 0.4) is 0 Å². The van der Waals surface area contributed by atoms with Gasteiger partial charge in [0.1, 0.15) is 5.82 Å². The number of halogens is 1. The molecule has 1 aromatic rings. The number of aryl methyl sites for hydroxylation is 1. The van der Waals surface area contributed by atoms with Crippen LogP contribution < -0.4 is 10.6 Å². The topological polar surface area (TPSA) is 46.3 Å². The van der Waals surface area contributed by atoms with Gasteiger partial charge in [-0.1, -0.05) is 13.0 Å². The van der Waals surface area contributed by atoms with Crippen LogP contribution in [-0.4, -0.2) is 19.0 Å². The van der Waals surface area contributed by atoms with Crippen molar-refractivity contribution < 1.29 is 9.18 Å². The molecule has 2 N–H and O–H groups in total. The Hall–Kier alpha value is -1.58. The number of fused-ring (bicyclic) bond motifs is 1. The van der Waals surface area contributed by atoms with E-state index in [1.165, 1.54) is 0 Å². The minimum Gasteiger partial charge on any atom is -0.370 e. The fraction of sp³-hybridized carbons (Fsp3) is 0.462. The van der Waals surface area contributed by atoms with Crippen LogP contribution >= 0.6 is 0 Å². The van der Waals surface area contributed by atoms with Gasteiger partial charge in [-0.15, -0.1) is 0 Å². The summed E-state index contributed by atoms with van der Waals surface area (Å²) >= 11 is 0. The van der Waals surface area contributed by atoms with Gasteiger partial charge in [0.15, 0.2) is 0 Å². The van der Waals surface area contributed by atoms with Gasteiger partial charge in [0.05, 0.1) is 5.92 Å². The van der Waals surface area contributed by atoms with E-state index in [1.807, 2.05) is 11.0 Å². The second-order valence-electron chi connectivity index (χ2n) is 4.73. The van der Waals surface area contributed by atoms with E-state index in [-0.39, 0.29) is 17.6 Å². The van der Waals surface area contributed by atoms with Crippen LogP contribution in [0.5, 0.6) is 0 Å². The van der Waals surface area contributed by atoms with Gasteiger partial charge < -0.3 is 10.6 Å². The molecule has 1 atom stereocenters. The minimum absolute atomic E-state index is 0.192. The van der Waals surface area contributed by atoms with Crippen molar-refractivity contribution in [2.45, 2.75) is 20.3 Å². The molecule has 1 aromatic carbocycles. The molecule has 0 unspecified atom stereocenters. The summed E-state index contributed by atoms with van der Waals surface area (Å²) < 4.78 is 13.5. The molecule has 4 heteroatoms. The number of amides is 1. The second-order valence-corrected chi connectivity index (χ2v) is 4.73. The summed E-state index contributed by atoms with van der Waals surface area (Å²) in [5, 5.41) is 0. The summed E-state index contributed by atoms with van der Waals surface area (Å²) in [6.45, 7) is 4.95. The highest BCUT2D eigenvalue weighted by Crippen LogP contribution is 2.30. The summed E-state index contributed by atoms with van der Waals surface area (Å²) in [6.07, 6.45) is 0.905. The summed E-state index contributed by atoms with van der Waals surface area (Å²) in [4.78, 5) is 13.1. The molecule has 0 saturated heterocycles. The Labute approximate surface area is 100 Å². The average Bonchev–Trinajstić information content (AvgIpc) is 2.62. The van der Waals surface area contributed by atoms with Crippen molar-refractivity contribution in [3.63, 3.8) is 0 Å². The van der Waals surface area contributed by atoms with Gasteiger partial charge in [-0.25, -0.2) is 4.39 Å². The third-order valence-corrected chi connectivity index (χ3v) is 3.33. The number of rotatable bonds is 3. The van der Waals surface area contributed by atoms with E-state index in [4.69, 9.17) is 5.73 Å². The van der Waals surface area contributed by atoms with Crippen molar-refractivity contribution in [2.75, 3.05) is 18.0 Å². The number of carbonyl (C=O) groups is 1. The van der Waals surface area contributed by atoms with E-state index >= 15 is 0 Å². The Morgan fingerprint density at radius 2 is 2.29 bits per heavy atom. The Morgan fingerprint density at radius 1 is 1.59 bits per heavy atom. The van der Waals surface area contributed by atoms with Crippen LogP contribution in [0.15, 0.2) is 12.1 Å². The van der Waals surface area contributed by atoms with Gasteiger partial charge in [0.2, 0.25) is 5.91 Å². The molecule has 0 saturated carbocycles. The van der Waals surface area contributed by atoms with E-state index in [9.17, 15) is 9.18 Å². The third kappa shape index (κ3) is 2.25. The van der Waals surface area contributed by atoms with Gasteiger partial charge in [-0.3, -0.25) is 4.79 Å². The Kier molecular flexibility index (Phi) is 3.05. The molecule has 1 amide bonds. The molecule has 0 aromatic heterocycles. The lowest BCUT2D eigenvalue weighted by Gasteiger charge is -2.22. The molecule has 17 heavy (non-hydrogen) atoms. The molecular formula is C13H17FN2O. The number of primary amides is 1. The molecule has 2 rings (SSSR count). The first-order valence-corrected chi connectivity index (χ1v) is 5.82. The van der Waals surface area contributed by atoms with Crippen molar-refractivity contribution in [1.82, 2.24) is 0 Å². The summed E-state index contributed by atoms with van der Waals surface area (Å²) in [7, 11) is 0. The van der Waals surface area contributed by atoms with Crippen molar-refractivity contribution in [2.24, 2.45) is 11.7 Å². The van der Waals surface area contributed by atoms with Gasteiger partial charge in [-0.2, -0.15) is 0 Å². The number of nitrogens with zero attached hydrogens (tertiary/aromatic N) is 1. The van der Waals surface area contributed by atoms with Crippen LogP contribution in [-0.2, 0) is 11.2 Å². The number of nitrogens with two attached hydrogens (primary N) is 1. The Balaban J connectivity index is 2.22. The fourth-order valence-electron chi connectivity index (χ4n) is 2.21. The molecule has 92 valence electrons. The molecule has 0 fully saturated rings. The molecule has 0 spiro atoms. The number of hydrogen-bond donors (Lipinski definition) is 1. The zero-order valence-electron chi connectivity index (χ0n) is 10.2. The third-order valence-electron chi connectivity index (χ3n) is 3.33. The van der Waals surface area contributed by atoms with E-state index in [1.54, 1.807) is 19.9 Å². The quantitative estimate of drug-likeness (QED) is 0.866. The predicted molar refractivity (Wildman–Crippen MR) is 65.4 cm³/mol. The summed E-state index contributed by atoms with van der Waals surface area (Å²) in [6, 6.07) is 3.45. The molecular weight excluding hydrogens is 219 g/mol. The monoisotopic (exact) mass is 236 g/mol. The van der Waals surface area contributed by atoms with E-state index < -0.39 is 0 Å².